The molecule has 1 saturated carbocycles. The van der Waals surface area contributed by atoms with Crippen molar-refractivity contribution in [1.29, 1.82) is 0 Å². The van der Waals surface area contributed by atoms with Crippen LogP contribution in [0.2, 0.25) is 5.02 Å². The molecule has 1 saturated heterocycles. The average molecular weight is 310 g/mol. The molecule has 4 nitrogen and oxygen atoms in total. The minimum Gasteiger partial charge on any atom is -0.377 e. The fourth-order valence-corrected chi connectivity index (χ4v) is 3.06. The Labute approximate surface area is 131 Å². The smallest absolute Gasteiger partial charge is 0.129 e. The quantitative estimate of drug-likeness (QED) is 0.907. The third-order valence-corrected chi connectivity index (χ3v) is 4.89. The van der Waals surface area contributed by atoms with Gasteiger partial charge >= 0.3 is 0 Å². The highest BCUT2D eigenvalue weighted by molar-refractivity contribution is 6.31. The zero-order chi connectivity index (χ0) is 14.9. The minimum atomic E-state index is -0.0774. The SMILES string of the molecule is COC1(C)CCCN(c2cc(CNC3CC3)c(Cl)cn2)C1. The number of piperidine rings is 1. The fraction of sp³-hybridized carbons (Fsp3) is 0.688. The summed E-state index contributed by atoms with van der Waals surface area (Å²) in [6, 6.07) is 2.81. The molecule has 21 heavy (non-hydrogen) atoms. The standard InChI is InChI=1S/C16H24ClN3O/c1-16(21-2)6-3-7-20(11-16)15-8-12(14(17)10-19-15)9-18-13-4-5-13/h8,10,13,18H,3-7,9,11H2,1-2H3. The lowest BCUT2D eigenvalue weighted by atomic mass is 9.95. The molecule has 1 aromatic rings. The van der Waals surface area contributed by atoms with Crippen LogP contribution in [0, 0.1) is 0 Å². The summed E-state index contributed by atoms with van der Waals surface area (Å²) in [5.74, 6) is 1.01. The van der Waals surface area contributed by atoms with Crippen LogP contribution in [0.4, 0.5) is 5.82 Å². The van der Waals surface area contributed by atoms with Gasteiger partial charge in [-0.2, -0.15) is 0 Å². The Hall–Kier alpha value is -0.840. The Morgan fingerprint density at radius 1 is 1.52 bits per heavy atom. The molecular formula is C16H24ClN3O. The number of rotatable bonds is 5. The highest BCUT2D eigenvalue weighted by Crippen LogP contribution is 2.29. The maximum absolute atomic E-state index is 6.28. The number of pyridine rings is 1. The number of nitrogens with zero attached hydrogens (tertiary/aromatic N) is 2. The Morgan fingerprint density at radius 2 is 2.33 bits per heavy atom. The molecule has 1 unspecified atom stereocenters. The van der Waals surface area contributed by atoms with Gasteiger partial charge in [-0.25, -0.2) is 4.98 Å². The molecule has 0 aromatic carbocycles. The summed E-state index contributed by atoms with van der Waals surface area (Å²) in [5.41, 5.74) is 1.06. The van der Waals surface area contributed by atoms with Crippen LogP contribution in [0.25, 0.3) is 0 Å². The van der Waals surface area contributed by atoms with E-state index in [1.807, 2.05) is 0 Å². The molecule has 2 fully saturated rings. The zero-order valence-electron chi connectivity index (χ0n) is 12.9. The van der Waals surface area contributed by atoms with Gasteiger partial charge in [0.1, 0.15) is 5.82 Å². The maximum atomic E-state index is 6.28. The molecule has 0 amide bonds. The van der Waals surface area contributed by atoms with Gasteiger partial charge < -0.3 is 15.0 Å². The molecule has 1 atom stereocenters. The van der Waals surface area contributed by atoms with Crippen molar-refractivity contribution in [2.45, 2.75) is 50.8 Å². The van der Waals surface area contributed by atoms with Crippen molar-refractivity contribution in [3.63, 3.8) is 0 Å². The lowest BCUT2D eigenvalue weighted by Crippen LogP contribution is -2.47. The van der Waals surface area contributed by atoms with Crippen LogP contribution in [0.1, 0.15) is 38.2 Å². The van der Waals surface area contributed by atoms with Crippen molar-refractivity contribution in [2.75, 3.05) is 25.1 Å². The van der Waals surface area contributed by atoms with Crippen molar-refractivity contribution in [1.82, 2.24) is 10.3 Å². The minimum absolute atomic E-state index is 0.0774. The molecule has 2 heterocycles. The van der Waals surface area contributed by atoms with E-state index in [1.54, 1.807) is 13.3 Å². The topological polar surface area (TPSA) is 37.4 Å². The third kappa shape index (κ3) is 3.68. The van der Waals surface area contributed by atoms with E-state index in [4.69, 9.17) is 16.3 Å². The van der Waals surface area contributed by atoms with Crippen LogP contribution >= 0.6 is 11.6 Å². The summed E-state index contributed by atoms with van der Waals surface area (Å²) in [4.78, 5) is 6.83. The molecule has 0 bridgehead atoms. The van der Waals surface area contributed by atoms with Gasteiger partial charge in [-0.1, -0.05) is 11.6 Å². The van der Waals surface area contributed by atoms with Gasteiger partial charge in [-0.15, -0.1) is 0 Å². The van der Waals surface area contributed by atoms with Crippen molar-refractivity contribution in [3.8, 4) is 0 Å². The monoisotopic (exact) mass is 309 g/mol. The van der Waals surface area contributed by atoms with E-state index in [1.165, 1.54) is 12.8 Å². The molecule has 3 rings (SSSR count). The summed E-state index contributed by atoms with van der Waals surface area (Å²) < 4.78 is 5.66. The summed E-state index contributed by atoms with van der Waals surface area (Å²) in [5, 5.41) is 4.26. The first-order valence-electron chi connectivity index (χ1n) is 7.77. The second-order valence-electron chi connectivity index (χ2n) is 6.47. The van der Waals surface area contributed by atoms with Gasteiger partial charge in [0.25, 0.3) is 0 Å². The van der Waals surface area contributed by atoms with E-state index in [0.717, 1.165) is 48.9 Å². The van der Waals surface area contributed by atoms with Crippen LogP contribution in [0.15, 0.2) is 12.3 Å². The van der Waals surface area contributed by atoms with Gasteiger partial charge in [0.15, 0.2) is 0 Å². The van der Waals surface area contributed by atoms with E-state index in [0.29, 0.717) is 6.04 Å². The van der Waals surface area contributed by atoms with Crippen molar-refractivity contribution in [3.05, 3.63) is 22.8 Å². The first kappa shape index (κ1) is 15.1. The molecule has 1 aromatic heterocycles. The Bertz CT molecular complexity index is 506. The van der Waals surface area contributed by atoms with Crippen molar-refractivity contribution >= 4 is 17.4 Å². The lowest BCUT2D eigenvalue weighted by Gasteiger charge is -2.40. The summed E-state index contributed by atoms with van der Waals surface area (Å²) in [6.45, 7) is 4.91. The van der Waals surface area contributed by atoms with E-state index < -0.39 is 0 Å². The van der Waals surface area contributed by atoms with Crippen LogP contribution in [-0.2, 0) is 11.3 Å². The Kier molecular flexibility index (Phi) is 4.38. The van der Waals surface area contributed by atoms with Gasteiger partial charge in [0.2, 0.25) is 0 Å². The Morgan fingerprint density at radius 3 is 3.05 bits per heavy atom. The second-order valence-corrected chi connectivity index (χ2v) is 6.88. The van der Waals surface area contributed by atoms with Crippen LogP contribution in [-0.4, -0.2) is 36.8 Å². The van der Waals surface area contributed by atoms with E-state index in [-0.39, 0.29) is 5.60 Å². The molecule has 1 aliphatic heterocycles. The number of halogens is 1. The molecule has 5 heteroatoms. The van der Waals surface area contributed by atoms with Gasteiger partial charge in [0, 0.05) is 39.0 Å². The summed E-state index contributed by atoms with van der Waals surface area (Å²) in [6.07, 6.45) is 6.58. The molecule has 116 valence electrons. The molecule has 1 N–H and O–H groups in total. The predicted octanol–water partition coefficient (Wildman–Crippen LogP) is 2.99. The van der Waals surface area contributed by atoms with Crippen molar-refractivity contribution < 1.29 is 4.74 Å². The van der Waals surface area contributed by atoms with Crippen LogP contribution in [0.3, 0.4) is 0 Å². The van der Waals surface area contributed by atoms with Gasteiger partial charge in [-0.05, 0) is 44.2 Å². The Balaban J connectivity index is 1.73. The summed E-state index contributed by atoms with van der Waals surface area (Å²) in [7, 11) is 1.80. The van der Waals surface area contributed by atoms with Gasteiger partial charge in [-0.3, -0.25) is 0 Å². The van der Waals surface area contributed by atoms with E-state index in [9.17, 15) is 0 Å². The number of methoxy groups -OCH3 is 1. The van der Waals surface area contributed by atoms with Crippen LogP contribution < -0.4 is 10.2 Å². The summed E-state index contributed by atoms with van der Waals surface area (Å²) >= 11 is 6.28. The average Bonchev–Trinajstić information content (AvgIpc) is 3.31. The fourth-order valence-electron chi connectivity index (χ4n) is 2.89. The normalized spacial score (nSPS) is 26.1. The molecule has 0 spiro atoms. The van der Waals surface area contributed by atoms with E-state index in [2.05, 4.69) is 28.2 Å². The first-order valence-corrected chi connectivity index (χ1v) is 8.15. The molecular weight excluding hydrogens is 286 g/mol. The molecule has 1 aliphatic carbocycles. The number of nitrogens with one attached hydrogen (secondary N) is 1. The number of ether oxygens (including phenoxy) is 1. The predicted molar refractivity (Wildman–Crippen MR) is 86.0 cm³/mol. The first-order chi connectivity index (χ1) is 10.1. The highest BCUT2D eigenvalue weighted by atomic mass is 35.5. The number of hydrogen-bond donors (Lipinski definition) is 1. The zero-order valence-corrected chi connectivity index (χ0v) is 13.6. The number of anilines is 1. The number of aromatic nitrogens is 1. The van der Waals surface area contributed by atoms with E-state index >= 15 is 0 Å². The number of hydrogen-bond acceptors (Lipinski definition) is 4. The molecule has 0 radical (unpaired) electrons. The van der Waals surface area contributed by atoms with Gasteiger partial charge in [0.05, 0.1) is 10.6 Å². The van der Waals surface area contributed by atoms with Crippen LogP contribution in [0.5, 0.6) is 0 Å². The third-order valence-electron chi connectivity index (χ3n) is 4.55. The largest absolute Gasteiger partial charge is 0.377 e. The highest BCUT2D eigenvalue weighted by Gasteiger charge is 2.31. The second kappa shape index (κ2) is 6.11. The lowest BCUT2D eigenvalue weighted by molar-refractivity contribution is -0.00481. The van der Waals surface area contributed by atoms with Crippen molar-refractivity contribution in [2.24, 2.45) is 0 Å². The maximum Gasteiger partial charge on any atom is 0.129 e. The molecule has 2 aliphatic rings.